The molecule has 0 aromatic rings. The van der Waals surface area contributed by atoms with E-state index in [2.05, 4.69) is 33.9 Å². The van der Waals surface area contributed by atoms with Crippen molar-refractivity contribution in [1.82, 2.24) is 0 Å². The van der Waals surface area contributed by atoms with Crippen LogP contribution in [0.5, 0.6) is 0 Å². The van der Waals surface area contributed by atoms with E-state index >= 15 is 0 Å². The Morgan fingerprint density at radius 3 is 2.47 bits per heavy atom. The molecule has 0 aliphatic carbocycles. The second-order valence-corrected chi connectivity index (χ2v) is 13.7. The lowest BCUT2D eigenvalue weighted by Gasteiger charge is -2.37. The van der Waals surface area contributed by atoms with Gasteiger partial charge in [0.2, 0.25) is 0 Å². The molecule has 3 atom stereocenters. The van der Waals surface area contributed by atoms with E-state index in [1.807, 2.05) is 25.6 Å². The summed E-state index contributed by atoms with van der Waals surface area (Å²) in [5.74, 6) is 0.602. The van der Waals surface area contributed by atoms with Gasteiger partial charge in [-0.1, -0.05) is 20.8 Å². The van der Waals surface area contributed by atoms with Gasteiger partial charge in [-0.25, -0.2) is 0 Å². The van der Waals surface area contributed by atoms with E-state index in [0.717, 1.165) is 12.4 Å². The second kappa shape index (κ2) is 5.02. The lowest BCUT2D eigenvalue weighted by Crippen LogP contribution is -2.43. The molecule has 2 rings (SSSR count). The highest BCUT2D eigenvalue weighted by atomic mass is 32.2. The molecule has 2 fully saturated rings. The van der Waals surface area contributed by atoms with Crippen LogP contribution in [0.25, 0.3) is 0 Å². The number of ether oxygens (including phenoxy) is 2. The minimum absolute atomic E-state index is 0.199. The van der Waals surface area contributed by atoms with Crippen molar-refractivity contribution in [2.24, 2.45) is 0 Å². The molecule has 112 valence electrons. The van der Waals surface area contributed by atoms with Crippen LogP contribution in [0.3, 0.4) is 0 Å². The third-order valence-corrected chi connectivity index (χ3v) is 10.3. The first-order valence-electron chi connectivity index (χ1n) is 7.13. The van der Waals surface area contributed by atoms with E-state index in [9.17, 15) is 0 Å². The summed E-state index contributed by atoms with van der Waals surface area (Å²) in [4.78, 5) is 0. The Balaban J connectivity index is 1.91. The molecule has 5 heteroatoms. The van der Waals surface area contributed by atoms with Gasteiger partial charge in [0.1, 0.15) is 6.10 Å². The minimum atomic E-state index is -1.66. The predicted molar refractivity (Wildman–Crippen MR) is 83.2 cm³/mol. The Kier molecular flexibility index (Phi) is 4.18. The molecule has 0 saturated carbocycles. The third-order valence-electron chi connectivity index (χ3n) is 4.48. The zero-order chi connectivity index (χ0) is 14.5. The molecule has 0 radical (unpaired) electrons. The Labute approximate surface area is 122 Å². The van der Waals surface area contributed by atoms with E-state index < -0.39 is 14.1 Å². The van der Waals surface area contributed by atoms with Crippen LogP contribution < -0.4 is 0 Å². The lowest BCUT2D eigenvalue weighted by atomic mass is 10.2. The average Bonchev–Trinajstić information content (AvgIpc) is 2.68. The number of thioether (sulfide) groups is 1. The van der Waals surface area contributed by atoms with Crippen LogP contribution in [0.1, 0.15) is 34.6 Å². The minimum Gasteiger partial charge on any atom is -0.416 e. The van der Waals surface area contributed by atoms with Gasteiger partial charge < -0.3 is 13.9 Å². The summed E-state index contributed by atoms with van der Waals surface area (Å²) in [6, 6.07) is 0. The Bertz CT molecular complexity index is 338. The van der Waals surface area contributed by atoms with Crippen LogP contribution in [0, 0.1) is 0 Å². The smallest absolute Gasteiger partial charge is 0.192 e. The van der Waals surface area contributed by atoms with Crippen LogP contribution in [0.15, 0.2) is 0 Å². The van der Waals surface area contributed by atoms with Crippen LogP contribution in [0.4, 0.5) is 0 Å². The van der Waals surface area contributed by atoms with Gasteiger partial charge in [-0.05, 0) is 32.0 Å². The zero-order valence-corrected chi connectivity index (χ0v) is 15.1. The van der Waals surface area contributed by atoms with Crippen molar-refractivity contribution in [2.75, 3.05) is 12.4 Å². The molecule has 0 aromatic heterocycles. The van der Waals surface area contributed by atoms with Gasteiger partial charge in [0, 0.05) is 12.4 Å². The molecule has 0 bridgehead atoms. The fraction of sp³-hybridized carbons (Fsp3) is 1.00. The van der Waals surface area contributed by atoms with Crippen molar-refractivity contribution in [1.29, 1.82) is 0 Å². The van der Waals surface area contributed by atoms with Gasteiger partial charge in [0.15, 0.2) is 14.1 Å². The van der Waals surface area contributed by atoms with Gasteiger partial charge in [-0.15, -0.1) is 0 Å². The first kappa shape index (κ1) is 15.8. The summed E-state index contributed by atoms with van der Waals surface area (Å²) in [5.41, 5.74) is 0. The molecule has 0 unspecified atom stereocenters. The molecule has 0 amide bonds. The summed E-state index contributed by atoms with van der Waals surface area (Å²) in [7, 11) is -1.66. The molecule has 0 aromatic carbocycles. The van der Waals surface area contributed by atoms with E-state index in [0.29, 0.717) is 5.25 Å². The summed E-state index contributed by atoms with van der Waals surface area (Å²) in [5, 5.41) is 0.683. The zero-order valence-electron chi connectivity index (χ0n) is 13.3. The highest BCUT2D eigenvalue weighted by Gasteiger charge is 2.50. The molecule has 19 heavy (non-hydrogen) atoms. The number of hydrogen-bond acceptors (Lipinski definition) is 4. The van der Waals surface area contributed by atoms with Crippen molar-refractivity contribution in [3.05, 3.63) is 0 Å². The van der Waals surface area contributed by atoms with Crippen molar-refractivity contribution in [2.45, 2.75) is 76.0 Å². The standard InChI is InChI=1S/C14H28O3SSi/c1-13(2,3)19(6,7)15-8-11-12-10(9-18-11)16-14(4,5)17-12/h10-12H,8-9H2,1-7H3/t10-,11-,12-/m0/s1. The molecular formula is C14H28O3SSi. The second-order valence-electron chi connectivity index (χ2n) is 7.58. The van der Waals surface area contributed by atoms with Crippen molar-refractivity contribution in [3.8, 4) is 0 Å². The van der Waals surface area contributed by atoms with E-state index in [4.69, 9.17) is 13.9 Å². The number of hydrogen-bond donors (Lipinski definition) is 0. The summed E-state index contributed by atoms with van der Waals surface area (Å²) >= 11 is 1.93. The molecule has 2 heterocycles. The van der Waals surface area contributed by atoms with Gasteiger partial charge in [0.25, 0.3) is 0 Å². The highest BCUT2D eigenvalue weighted by Crippen LogP contribution is 2.43. The molecule has 2 aliphatic rings. The SMILES string of the molecule is CC1(C)O[C@H]2[C@H](CS[C@H]2CO[Si](C)(C)C(C)(C)C)O1. The van der Waals surface area contributed by atoms with Gasteiger partial charge in [-0.3, -0.25) is 0 Å². The average molecular weight is 305 g/mol. The lowest BCUT2D eigenvalue weighted by molar-refractivity contribution is -0.146. The molecule has 2 aliphatic heterocycles. The summed E-state index contributed by atoms with van der Waals surface area (Å²) in [6.07, 6.45) is 0.442. The number of rotatable bonds is 3. The maximum Gasteiger partial charge on any atom is 0.192 e. The topological polar surface area (TPSA) is 27.7 Å². The van der Waals surface area contributed by atoms with Crippen LogP contribution >= 0.6 is 11.8 Å². The van der Waals surface area contributed by atoms with E-state index in [1.54, 1.807) is 0 Å². The fourth-order valence-corrected chi connectivity index (χ4v) is 4.70. The monoisotopic (exact) mass is 304 g/mol. The highest BCUT2D eigenvalue weighted by molar-refractivity contribution is 8.00. The Morgan fingerprint density at radius 2 is 1.89 bits per heavy atom. The molecule has 0 N–H and O–H groups in total. The van der Waals surface area contributed by atoms with Crippen molar-refractivity contribution in [3.63, 3.8) is 0 Å². The first-order chi connectivity index (χ1) is 8.52. The summed E-state index contributed by atoms with van der Waals surface area (Å²) in [6.45, 7) is 16.2. The van der Waals surface area contributed by atoms with Crippen LogP contribution in [-0.2, 0) is 13.9 Å². The predicted octanol–water partition coefficient (Wildman–Crippen LogP) is 3.64. The van der Waals surface area contributed by atoms with Crippen molar-refractivity contribution < 1.29 is 13.9 Å². The maximum absolute atomic E-state index is 6.34. The first-order valence-corrected chi connectivity index (χ1v) is 11.1. The third kappa shape index (κ3) is 3.38. The van der Waals surface area contributed by atoms with Crippen LogP contribution in [0.2, 0.25) is 18.1 Å². The molecular weight excluding hydrogens is 276 g/mol. The quantitative estimate of drug-likeness (QED) is 0.744. The normalized spacial score (nSPS) is 34.6. The number of fused-ring (bicyclic) bond motifs is 1. The van der Waals surface area contributed by atoms with Crippen LogP contribution in [-0.4, -0.2) is 43.9 Å². The largest absolute Gasteiger partial charge is 0.416 e. The Morgan fingerprint density at radius 1 is 1.26 bits per heavy atom. The van der Waals surface area contributed by atoms with Crippen molar-refractivity contribution >= 4 is 20.1 Å². The molecule has 3 nitrogen and oxygen atoms in total. The van der Waals surface area contributed by atoms with E-state index in [1.165, 1.54) is 0 Å². The van der Waals surface area contributed by atoms with Gasteiger partial charge >= 0.3 is 0 Å². The maximum atomic E-state index is 6.34. The Hall–Kier alpha value is 0.447. The summed E-state index contributed by atoms with van der Waals surface area (Å²) < 4.78 is 18.3. The fourth-order valence-electron chi connectivity index (χ4n) is 2.27. The molecule has 0 spiro atoms. The van der Waals surface area contributed by atoms with Gasteiger partial charge in [0.05, 0.1) is 11.4 Å². The van der Waals surface area contributed by atoms with E-state index in [-0.39, 0.29) is 17.2 Å². The molecule has 2 saturated heterocycles. The van der Waals surface area contributed by atoms with Gasteiger partial charge in [-0.2, -0.15) is 11.8 Å².